The van der Waals surface area contributed by atoms with Crippen molar-refractivity contribution < 1.29 is 4.79 Å². The van der Waals surface area contributed by atoms with E-state index < -0.39 is 0 Å². The Kier molecular flexibility index (Phi) is 3.47. The van der Waals surface area contributed by atoms with Crippen molar-refractivity contribution in [3.05, 3.63) is 49.0 Å². The maximum absolute atomic E-state index is 12.1. The molecule has 0 unspecified atom stereocenters. The SMILES string of the molecule is Nc1cc(Br)ccc1C(=O)c1cscc1Br. The molecule has 0 saturated heterocycles. The van der Waals surface area contributed by atoms with Crippen molar-refractivity contribution in [3.63, 3.8) is 0 Å². The summed E-state index contributed by atoms with van der Waals surface area (Å²) >= 11 is 8.13. The van der Waals surface area contributed by atoms with Crippen molar-refractivity contribution in [3.8, 4) is 0 Å². The summed E-state index contributed by atoms with van der Waals surface area (Å²) in [6.07, 6.45) is 0. The molecule has 1 heterocycles. The summed E-state index contributed by atoms with van der Waals surface area (Å²) in [7, 11) is 0. The maximum Gasteiger partial charge on any atom is 0.197 e. The lowest BCUT2D eigenvalue weighted by molar-refractivity contribution is 0.103. The first-order valence-corrected chi connectivity index (χ1v) is 6.94. The minimum Gasteiger partial charge on any atom is -0.398 e. The van der Waals surface area contributed by atoms with Gasteiger partial charge in [-0.05, 0) is 34.1 Å². The Hall–Kier alpha value is -0.650. The number of halogens is 2. The van der Waals surface area contributed by atoms with E-state index in [0.717, 1.165) is 8.95 Å². The molecule has 1 aromatic heterocycles. The molecule has 16 heavy (non-hydrogen) atoms. The average Bonchev–Trinajstić information content (AvgIpc) is 2.63. The van der Waals surface area contributed by atoms with Crippen molar-refractivity contribution in [1.29, 1.82) is 0 Å². The Morgan fingerprint density at radius 2 is 1.94 bits per heavy atom. The molecule has 2 N–H and O–H groups in total. The lowest BCUT2D eigenvalue weighted by Gasteiger charge is -2.04. The van der Waals surface area contributed by atoms with E-state index >= 15 is 0 Å². The van der Waals surface area contributed by atoms with E-state index in [0.29, 0.717) is 16.8 Å². The molecule has 0 spiro atoms. The zero-order valence-corrected chi connectivity index (χ0v) is 12.0. The molecule has 0 aliphatic heterocycles. The second-order valence-corrected chi connectivity index (χ2v) is 5.71. The third-order valence-corrected chi connectivity index (χ3v) is 4.31. The number of thiophene rings is 1. The molecule has 2 aromatic rings. The highest BCUT2D eigenvalue weighted by molar-refractivity contribution is 9.10. The largest absolute Gasteiger partial charge is 0.398 e. The standard InChI is InChI=1S/C11H7Br2NOS/c12-6-1-2-7(10(14)3-6)11(15)8-4-16-5-9(8)13/h1-5H,14H2. The highest BCUT2D eigenvalue weighted by Gasteiger charge is 2.15. The summed E-state index contributed by atoms with van der Waals surface area (Å²) in [6.45, 7) is 0. The van der Waals surface area contributed by atoms with E-state index in [1.807, 2.05) is 16.8 Å². The Morgan fingerprint density at radius 1 is 1.19 bits per heavy atom. The predicted octanol–water partition coefficient (Wildman–Crippen LogP) is 4.09. The van der Waals surface area contributed by atoms with Crippen LogP contribution in [0.1, 0.15) is 15.9 Å². The topological polar surface area (TPSA) is 43.1 Å². The number of hydrogen-bond acceptors (Lipinski definition) is 3. The average molecular weight is 361 g/mol. The highest BCUT2D eigenvalue weighted by Crippen LogP contribution is 2.27. The molecular formula is C11H7Br2NOS. The molecule has 0 saturated carbocycles. The molecule has 0 radical (unpaired) electrons. The Bertz CT molecular complexity index is 551. The number of ketones is 1. The quantitative estimate of drug-likeness (QED) is 0.647. The predicted molar refractivity (Wildman–Crippen MR) is 74.0 cm³/mol. The van der Waals surface area contributed by atoms with Gasteiger partial charge in [-0.3, -0.25) is 4.79 Å². The fourth-order valence-electron chi connectivity index (χ4n) is 1.33. The minimum absolute atomic E-state index is 0.0573. The van der Waals surface area contributed by atoms with Gasteiger partial charge in [0.25, 0.3) is 0 Å². The lowest BCUT2D eigenvalue weighted by atomic mass is 10.0. The first kappa shape index (κ1) is 11.8. The third-order valence-electron chi connectivity index (χ3n) is 2.12. The molecule has 0 bridgehead atoms. The van der Waals surface area contributed by atoms with Gasteiger partial charge in [-0.25, -0.2) is 0 Å². The van der Waals surface area contributed by atoms with Crippen LogP contribution in [-0.2, 0) is 0 Å². The van der Waals surface area contributed by atoms with Crippen LogP contribution in [0.15, 0.2) is 37.9 Å². The fraction of sp³-hybridized carbons (Fsp3) is 0. The molecule has 0 aliphatic carbocycles. The summed E-state index contributed by atoms with van der Waals surface area (Å²) in [6, 6.07) is 5.27. The number of nitrogens with two attached hydrogens (primary N) is 1. The molecule has 2 rings (SSSR count). The van der Waals surface area contributed by atoms with Crippen LogP contribution in [0.4, 0.5) is 5.69 Å². The molecule has 2 nitrogen and oxygen atoms in total. The zero-order chi connectivity index (χ0) is 11.7. The van der Waals surface area contributed by atoms with Crippen LogP contribution in [0.3, 0.4) is 0 Å². The fourth-order valence-corrected chi connectivity index (χ4v) is 3.16. The molecule has 0 fully saturated rings. The van der Waals surface area contributed by atoms with E-state index in [9.17, 15) is 4.79 Å². The van der Waals surface area contributed by atoms with E-state index in [1.54, 1.807) is 12.1 Å². The van der Waals surface area contributed by atoms with Crippen LogP contribution >= 0.6 is 43.2 Å². The molecule has 1 aromatic carbocycles. The molecule has 0 aliphatic rings. The number of carbonyl (C=O) groups excluding carboxylic acids is 1. The van der Waals surface area contributed by atoms with Crippen molar-refractivity contribution in [2.75, 3.05) is 5.73 Å². The molecular weight excluding hydrogens is 354 g/mol. The summed E-state index contributed by atoms with van der Waals surface area (Å²) in [5, 5.41) is 3.69. The normalized spacial score (nSPS) is 10.4. The van der Waals surface area contributed by atoms with Crippen molar-refractivity contribution in [1.82, 2.24) is 0 Å². The Labute approximate surface area is 114 Å². The number of carbonyl (C=O) groups is 1. The zero-order valence-electron chi connectivity index (χ0n) is 8.04. The van der Waals surface area contributed by atoms with E-state index in [-0.39, 0.29) is 5.78 Å². The van der Waals surface area contributed by atoms with Gasteiger partial charge in [0.1, 0.15) is 0 Å². The highest BCUT2D eigenvalue weighted by atomic mass is 79.9. The van der Waals surface area contributed by atoms with E-state index in [4.69, 9.17) is 5.73 Å². The molecule has 82 valence electrons. The van der Waals surface area contributed by atoms with Crippen LogP contribution in [-0.4, -0.2) is 5.78 Å². The third kappa shape index (κ3) is 2.21. The van der Waals surface area contributed by atoms with Crippen LogP contribution in [0.5, 0.6) is 0 Å². The van der Waals surface area contributed by atoms with Crippen LogP contribution in [0.25, 0.3) is 0 Å². The van der Waals surface area contributed by atoms with Crippen LogP contribution in [0, 0.1) is 0 Å². The van der Waals surface area contributed by atoms with Gasteiger partial charge in [0.2, 0.25) is 0 Å². The first-order valence-electron chi connectivity index (χ1n) is 4.41. The Morgan fingerprint density at radius 3 is 2.50 bits per heavy atom. The Balaban J connectivity index is 2.46. The summed E-state index contributed by atoms with van der Waals surface area (Å²) < 4.78 is 1.68. The van der Waals surface area contributed by atoms with Gasteiger partial charge in [0, 0.05) is 36.5 Å². The van der Waals surface area contributed by atoms with Gasteiger partial charge in [-0.1, -0.05) is 15.9 Å². The number of benzene rings is 1. The van der Waals surface area contributed by atoms with Crippen LogP contribution < -0.4 is 5.73 Å². The first-order chi connectivity index (χ1) is 7.59. The maximum atomic E-state index is 12.1. The lowest BCUT2D eigenvalue weighted by Crippen LogP contribution is -2.04. The van der Waals surface area contributed by atoms with E-state index in [1.165, 1.54) is 11.3 Å². The molecule has 0 atom stereocenters. The van der Waals surface area contributed by atoms with Crippen LogP contribution in [0.2, 0.25) is 0 Å². The van der Waals surface area contributed by atoms with Gasteiger partial charge in [0.15, 0.2) is 5.78 Å². The van der Waals surface area contributed by atoms with Gasteiger partial charge in [-0.2, -0.15) is 11.3 Å². The summed E-state index contributed by atoms with van der Waals surface area (Å²) in [5.74, 6) is -0.0573. The second kappa shape index (κ2) is 4.69. The van der Waals surface area contributed by atoms with Gasteiger partial charge in [-0.15, -0.1) is 0 Å². The van der Waals surface area contributed by atoms with Gasteiger partial charge in [0.05, 0.1) is 0 Å². The summed E-state index contributed by atoms with van der Waals surface area (Å²) in [4.78, 5) is 12.1. The van der Waals surface area contributed by atoms with Crippen molar-refractivity contribution in [2.45, 2.75) is 0 Å². The summed E-state index contributed by atoms with van der Waals surface area (Å²) in [5.41, 5.74) is 7.48. The van der Waals surface area contributed by atoms with Crippen molar-refractivity contribution >= 4 is 54.7 Å². The van der Waals surface area contributed by atoms with E-state index in [2.05, 4.69) is 31.9 Å². The van der Waals surface area contributed by atoms with Gasteiger partial charge < -0.3 is 5.73 Å². The number of rotatable bonds is 2. The molecule has 5 heteroatoms. The smallest absolute Gasteiger partial charge is 0.197 e. The van der Waals surface area contributed by atoms with Crippen molar-refractivity contribution in [2.24, 2.45) is 0 Å². The second-order valence-electron chi connectivity index (χ2n) is 3.19. The monoisotopic (exact) mass is 359 g/mol. The number of hydrogen-bond donors (Lipinski definition) is 1. The number of nitrogen functional groups attached to an aromatic ring is 1. The molecule has 0 amide bonds. The number of anilines is 1. The minimum atomic E-state index is -0.0573. The van der Waals surface area contributed by atoms with Gasteiger partial charge >= 0.3 is 0 Å².